The Kier molecular flexibility index (Phi) is 4.69. The van der Waals surface area contributed by atoms with Gasteiger partial charge in [-0.05, 0) is 49.8 Å². The molecule has 1 N–H and O–H groups in total. The first-order chi connectivity index (χ1) is 12.7. The minimum absolute atomic E-state index is 0.0346. The fourth-order valence-corrected chi connectivity index (χ4v) is 3.73. The summed E-state index contributed by atoms with van der Waals surface area (Å²) in [6, 6.07) is 14.4. The number of nitrogens with zero attached hydrogens (tertiary/aromatic N) is 1. The number of rotatable bonds is 3. The average Bonchev–Trinajstić information content (AvgIpc) is 3.10. The quantitative estimate of drug-likeness (QED) is 0.893. The van der Waals surface area contributed by atoms with Crippen molar-refractivity contribution in [2.24, 2.45) is 0 Å². The number of carbonyl (C=O) groups is 1. The van der Waals surface area contributed by atoms with Gasteiger partial charge in [0.1, 0.15) is 0 Å². The zero-order valence-corrected chi connectivity index (χ0v) is 15.0. The van der Waals surface area contributed by atoms with E-state index in [2.05, 4.69) is 29.6 Å². The zero-order chi connectivity index (χ0) is 17.9. The summed E-state index contributed by atoms with van der Waals surface area (Å²) < 4.78 is 10.8. The van der Waals surface area contributed by atoms with Gasteiger partial charge in [-0.25, -0.2) is 4.79 Å². The van der Waals surface area contributed by atoms with Gasteiger partial charge < -0.3 is 19.7 Å². The van der Waals surface area contributed by atoms with Crippen LogP contribution in [0.25, 0.3) is 0 Å². The molecule has 0 aromatic heterocycles. The Morgan fingerprint density at radius 1 is 1.15 bits per heavy atom. The number of anilines is 1. The highest BCUT2D eigenvalue weighted by Gasteiger charge is 2.27. The average molecular weight is 352 g/mol. The Balaban J connectivity index is 1.49. The zero-order valence-electron chi connectivity index (χ0n) is 15.0. The number of aryl methyl sites for hydroxylation is 1. The Hall–Kier alpha value is -2.69. The van der Waals surface area contributed by atoms with Crippen molar-refractivity contribution < 1.29 is 14.3 Å². The lowest BCUT2D eigenvalue weighted by atomic mass is 9.96. The molecule has 2 aromatic carbocycles. The van der Waals surface area contributed by atoms with Crippen LogP contribution in [-0.2, 0) is 6.42 Å². The fourth-order valence-electron chi connectivity index (χ4n) is 3.73. The second kappa shape index (κ2) is 7.28. The van der Waals surface area contributed by atoms with Crippen LogP contribution in [0.15, 0.2) is 42.5 Å². The van der Waals surface area contributed by atoms with Gasteiger partial charge in [-0.3, -0.25) is 0 Å². The molecule has 1 saturated heterocycles. The first-order valence-corrected chi connectivity index (χ1v) is 9.22. The number of hydrogen-bond donors (Lipinski definition) is 1. The third-order valence-electron chi connectivity index (χ3n) is 5.16. The van der Waals surface area contributed by atoms with E-state index < -0.39 is 0 Å². The number of ether oxygens (including phenoxy) is 2. The summed E-state index contributed by atoms with van der Waals surface area (Å²) in [5.41, 5.74) is 3.03. The van der Waals surface area contributed by atoms with Gasteiger partial charge in [0.25, 0.3) is 0 Å². The standard InChI is InChI=1S/C21H24N2O3/c1-15-11-19-20(26-14-25-19)13-18(15)22-21(24)23-10-6-5-9-17(23)12-16-7-3-2-4-8-16/h2-4,7-8,11,13,17H,5-6,9-10,12,14H2,1H3,(H,22,24). The van der Waals surface area contributed by atoms with Gasteiger partial charge in [-0.1, -0.05) is 30.3 Å². The van der Waals surface area contributed by atoms with Crippen LogP contribution in [0, 0.1) is 6.92 Å². The van der Waals surface area contributed by atoms with E-state index in [-0.39, 0.29) is 18.9 Å². The Morgan fingerprint density at radius 2 is 1.92 bits per heavy atom. The highest BCUT2D eigenvalue weighted by Crippen LogP contribution is 2.37. The van der Waals surface area contributed by atoms with Gasteiger partial charge >= 0.3 is 6.03 Å². The van der Waals surface area contributed by atoms with Crippen LogP contribution in [0.4, 0.5) is 10.5 Å². The Bertz CT molecular complexity index is 791. The van der Waals surface area contributed by atoms with E-state index in [1.807, 2.05) is 30.0 Å². The summed E-state index contributed by atoms with van der Waals surface area (Å²) in [6.07, 6.45) is 4.17. The molecule has 5 nitrogen and oxygen atoms in total. The number of fused-ring (bicyclic) bond motifs is 1. The van der Waals surface area contributed by atoms with Gasteiger partial charge in [-0.2, -0.15) is 0 Å². The van der Waals surface area contributed by atoms with E-state index >= 15 is 0 Å². The van der Waals surface area contributed by atoms with Gasteiger partial charge in [0.15, 0.2) is 11.5 Å². The van der Waals surface area contributed by atoms with Crippen LogP contribution in [0.2, 0.25) is 0 Å². The molecule has 2 amide bonds. The first kappa shape index (κ1) is 16.8. The predicted octanol–water partition coefficient (Wildman–Crippen LogP) is 4.35. The maximum absolute atomic E-state index is 13.0. The van der Waals surface area contributed by atoms with Crippen LogP contribution >= 0.6 is 0 Å². The molecule has 1 fully saturated rings. The van der Waals surface area contributed by atoms with Crippen molar-refractivity contribution in [2.45, 2.75) is 38.6 Å². The molecular formula is C21H24N2O3. The molecule has 4 rings (SSSR count). The fraction of sp³-hybridized carbons (Fsp3) is 0.381. The van der Waals surface area contributed by atoms with Crippen molar-refractivity contribution in [3.05, 3.63) is 53.6 Å². The summed E-state index contributed by atoms with van der Waals surface area (Å²) in [7, 11) is 0. The molecule has 0 aliphatic carbocycles. The number of nitrogens with one attached hydrogen (secondary N) is 1. The van der Waals surface area contributed by atoms with Crippen molar-refractivity contribution in [3.8, 4) is 11.5 Å². The third kappa shape index (κ3) is 3.47. The summed E-state index contributed by atoms with van der Waals surface area (Å²) in [5, 5.41) is 3.08. The molecule has 0 bridgehead atoms. The number of amides is 2. The van der Waals surface area contributed by atoms with E-state index in [0.717, 1.165) is 42.8 Å². The molecule has 1 atom stereocenters. The smallest absolute Gasteiger partial charge is 0.322 e. The van der Waals surface area contributed by atoms with Gasteiger partial charge in [0.05, 0.1) is 0 Å². The van der Waals surface area contributed by atoms with E-state index in [0.29, 0.717) is 5.75 Å². The minimum atomic E-state index is -0.0346. The molecule has 26 heavy (non-hydrogen) atoms. The van der Waals surface area contributed by atoms with Crippen molar-refractivity contribution in [3.63, 3.8) is 0 Å². The van der Waals surface area contributed by atoms with Crippen LogP contribution in [0.3, 0.4) is 0 Å². The van der Waals surface area contributed by atoms with Crippen LogP contribution in [-0.4, -0.2) is 30.3 Å². The van der Waals surface area contributed by atoms with E-state index in [1.165, 1.54) is 12.0 Å². The summed E-state index contributed by atoms with van der Waals surface area (Å²) in [6.45, 7) is 3.00. The van der Waals surface area contributed by atoms with Crippen molar-refractivity contribution >= 4 is 11.7 Å². The van der Waals surface area contributed by atoms with Crippen molar-refractivity contribution in [1.29, 1.82) is 0 Å². The minimum Gasteiger partial charge on any atom is -0.454 e. The molecular weight excluding hydrogens is 328 g/mol. The largest absolute Gasteiger partial charge is 0.454 e. The normalized spacial score (nSPS) is 18.7. The summed E-state index contributed by atoms with van der Waals surface area (Å²) >= 11 is 0. The lowest BCUT2D eigenvalue weighted by Gasteiger charge is -2.36. The number of piperidine rings is 1. The molecule has 1 unspecified atom stereocenters. The maximum Gasteiger partial charge on any atom is 0.322 e. The SMILES string of the molecule is Cc1cc2c(cc1NC(=O)N1CCCCC1Cc1ccccc1)OCO2. The first-order valence-electron chi connectivity index (χ1n) is 9.22. The summed E-state index contributed by atoms with van der Waals surface area (Å²) in [4.78, 5) is 14.9. The van der Waals surface area contributed by atoms with Crippen LogP contribution in [0.1, 0.15) is 30.4 Å². The lowest BCUT2D eigenvalue weighted by molar-refractivity contribution is 0.162. The molecule has 2 aromatic rings. The Labute approximate surface area is 153 Å². The topological polar surface area (TPSA) is 50.8 Å². The monoisotopic (exact) mass is 352 g/mol. The highest BCUT2D eigenvalue weighted by atomic mass is 16.7. The molecule has 0 spiro atoms. The second-order valence-corrected chi connectivity index (χ2v) is 6.98. The number of urea groups is 1. The van der Waals surface area contributed by atoms with Gasteiger partial charge in [0, 0.05) is 24.3 Å². The predicted molar refractivity (Wildman–Crippen MR) is 101 cm³/mol. The molecule has 2 aliphatic heterocycles. The lowest BCUT2D eigenvalue weighted by Crippen LogP contribution is -2.47. The highest BCUT2D eigenvalue weighted by molar-refractivity contribution is 5.91. The molecule has 2 heterocycles. The molecule has 0 saturated carbocycles. The number of benzene rings is 2. The number of likely N-dealkylation sites (tertiary alicyclic amines) is 1. The van der Waals surface area contributed by atoms with Crippen molar-refractivity contribution in [2.75, 3.05) is 18.7 Å². The van der Waals surface area contributed by atoms with Gasteiger partial charge in [-0.15, -0.1) is 0 Å². The maximum atomic E-state index is 13.0. The van der Waals surface area contributed by atoms with E-state index in [4.69, 9.17) is 9.47 Å². The van der Waals surface area contributed by atoms with Gasteiger partial charge in [0.2, 0.25) is 6.79 Å². The molecule has 136 valence electrons. The van der Waals surface area contributed by atoms with Crippen molar-refractivity contribution in [1.82, 2.24) is 4.90 Å². The summed E-state index contributed by atoms with van der Waals surface area (Å²) in [5.74, 6) is 1.42. The Morgan fingerprint density at radius 3 is 2.73 bits per heavy atom. The third-order valence-corrected chi connectivity index (χ3v) is 5.16. The number of carbonyl (C=O) groups excluding carboxylic acids is 1. The second-order valence-electron chi connectivity index (χ2n) is 6.98. The van der Waals surface area contributed by atoms with Crippen LogP contribution in [0.5, 0.6) is 11.5 Å². The van der Waals surface area contributed by atoms with E-state index in [9.17, 15) is 4.79 Å². The molecule has 0 radical (unpaired) electrons. The van der Waals surface area contributed by atoms with Crippen LogP contribution < -0.4 is 14.8 Å². The molecule has 2 aliphatic rings. The number of hydrogen-bond acceptors (Lipinski definition) is 3. The van der Waals surface area contributed by atoms with E-state index in [1.54, 1.807) is 0 Å². The molecule has 5 heteroatoms.